The maximum Gasteiger partial charge on any atom is 0.439 e. The molecule has 142 valence electrons. The van der Waals surface area contributed by atoms with Crippen molar-refractivity contribution in [3.05, 3.63) is 59.9 Å². The van der Waals surface area contributed by atoms with Gasteiger partial charge in [0.2, 0.25) is 0 Å². The fourth-order valence-corrected chi connectivity index (χ4v) is 2.90. The Morgan fingerprint density at radius 1 is 1.19 bits per heavy atom. The zero-order valence-corrected chi connectivity index (χ0v) is 14.4. The molecule has 2 heterocycles. The minimum atomic E-state index is -5.12. The third kappa shape index (κ3) is 3.03. The van der Waals surface area contributed by atoms with Gasteiger partial charge in [0.15, 0.2) is 0 Å². The van der Waals surface area contributed by atoms with Crippen LogP contribution in [0.15, 0.2) is 53.9 Å². The molecule has 2 unspecified atom stereocenters. The summed E-state index contributed by atoms with van der Waals surface area (Å²) >= 11 is 0. The average molecular weight is 379 g/mol. The van der Waals surface area contributed by atoms with E-state index in [2.05, 4.69) is 10.1 Å². The van der Waals surface area contributed by atoms with Crippen molar-refractivity contribution in [2.75, 3.05) is 7.11 Å². The van der Waals surface area contributed by atoms with Crippen molar-refractivity contribution in [1.29, 1.82) is 0 Å². The summed E-state index contributed by atoms with van der Waals surface area (Å²) in [6.07, 6.45) is -2.58. The molecule has 1 aromatic heterocycles. The quantitative estimate of drug-likeness (QED) is 0.890. The Balaban J connectivity index is 2.09. The van der Waals surface area contributed by atoms with E-state index in [1.807, 2.05) is 0 Å². The molecule has 0 fully saturated rings. The molecule has 1 amide bonds. The first-order valence-corrected chi connectivity index (χ1v) is 7.96. The molecule has 6 nitrogen and oxygen atoms in total. The molecule has 27 heavy (non-hydrogen) atoms. The van der Waals surface area contributed by atoms with Gasteiger partial charge in [0, 0.05) is 18.0 Å². The van der Waals surface area contributed by atoms with Crippen molar-refractivity contribution in [1.82, 2.24) is 9.99 Å². The Hall–Kier alpha value is -2.94. The summed E-state index contributed by atoms with van der Waals surface area (Å²) in [5, 5.41) is 14.5. The molecule has 1 aromatic carbocycles. The fourth-order valence-electron chi connectivity index (χ4n) is 2.90. The summed E-state index contributed by atoms with van der Waals surface area (Å²) in [6, 6.07) is 8.67. The highest BCUT2D eigenvalue weighted by molar-refractivity contribution is 6.06. The molecule has 0 radical (unpaired) electrons. The number of hydrogen-bond donors (Lipinski definition) is 1. The molecule has 0 saturated heterocycles. The summed E-state index contributed by atoms with van der Waals surface area (Å²) in [5.74, 6) is -2.06. The molecule has 0 spiro atoms. The van der Waals surface area contributed by atoms with Crippen LogP contribution in [0.1, 0.15) is 22.8 Å². The maximum absolute atomic E-state index is 13.8. The average Bonchev–Trinajstić information content (AvgIpc) is 2.94. The van der Waals surface area contributed by atoms with Gasteiger partial charge in [-0.05, 0) is 42.0 Å². The number of benzene rings is 1. The second-order valence-corrected chi connectivity index (χ2v) is 6.01. The van der Waals surface area contributed by atoms with Crippen LogP contribution >= 0.6 is 0 Å². The molecule has 0 aliphatic carbocycles. The van der Waals surface area contributed by atoms with Crippen LogP contribution < -0.4 is 4.74 Å². The highest BCUT2D eigenvalue weighted by atomic mass is 19.4. The van der Waals surface area contributed by atoms with Gasteiger partial charge in [-0.3, -0.25) is 9.78 Å². The predicted octanol–water partition coefficient (Wildman–Crippen LogP) is 2.84. The highest BCUT2D eigenvalue weighted by Crippen LogP contribution is 2.45. The van der Waals surface area contributed by atoms with Crippen molar-refractivity contribution >= 4 is 11.6 Å². The minimum Gasteiger partial charge on any atom is -0.497 e. The van der Waals surface area contributed by atoms with Gasteiger partial charge < -0.3 is 9.84 Å². The van der Waals surface area contributed by atoms with E-state index in [-0.39, 0.29) is 16.3 Å². The number of halogens is 3. The number of ether oxygens (including phenoxy) is 1. The molecule has 1 aliphatic rings. The van der Waals surface area contributed by atoms with Crippen LogP contribution in [0.3, 0.4) is 0 Å². The lowest BCUT2D eigenvalue weighted by molar-refractivity contribution is -0.310. The highest BCUT2D eigenvalue weighted by Gasteiger charge is 2.67. The Bertz CT molecular complexity index is 869. The number of hydrazone groups is 1. The van der Waals surface area contributed by atoms with Gasteiger partial charge in [-0.25, -0.2) is 0 Å². The number of hydrogen-bond acceptors (Lipinski definition) is 5. The van der Waals surface area contributed by atoms with Crippen LogP contribution in [-0.2, 0) is 0 Å². The molecule has 2 atom stereocenters. The Morgan fingerprint density at radius 3 is 2.30 bits per heavy atom. The van der Waals surface area contributed by atoms with E-state index in [1.165, 1.54) is 50.7 Å². The third-order valence-electron chi connectivity index (χ3n) is 4.47. The Kier molecular flexibility index (Phi) is 4.64. The van der Waals surface area contributed by atoms with E-state index in [0.29, 0.717) is 11.3 Å². The molecule has 0 saturated carbocycles. The maximum atomic E-state index is 13.8. The van der Waals surface area contributed by atoms with Gasteiger partial charge in [-0.2, -0.15) is 23.3 Å². The van der Waals surface area contributed by atoms with Crippen LogP contribution in [0.5, 0.6) is 5.75 Å². The van der Waals surface area contributed by atoms with Gasteiger partial charge in [0.1, 0.15) is 5.75 Å². The molecule has 3 rings (SSSR count). The van der Waals surface area contributed by atoms with Gasteiger partial charge in [0.05, 0.1) is 18.7 Å². The molecule has 1 aliphatic heterocycles. The van der Waals surface area contributed by atoms with Crippen molar-refractivity contribution in [3.8, 4) is 5.75 Å². The molecular formula is C18H16F3N3O3. The number of aromatic nitrogens is 1. The Morgan fingerprint density at radius 2 is 1.78 bits per heavy atom. The number of amides is 1. The summed E-state index contributed by atoms with van der Waals surface area (Å²) in [4.78, 5) is 16.4. The van der Waals surface area contributed by atoms with E-state index in [4.69, 9.17) is 4.74 Å². The second kappa shape index (κ2) is 6.66. The first kappa shape index (κ1) is 18.8. The van der Waals surface area contributed by atoms with E-state index in [9.17, 15) is 23.1 Å². The monoisotopic (exact) mass is 379 g/mol. The SMILES string of the molecule is COc1ccc(C2=NN(C(=O)c3ccncc3)C(O)(C(F)(F)F)C2C)cc1. The van der Waals surface area contributed by atoms with Crippen LogP contribution in [0.25, 0.3) is 0 Å². The zero-order chi connectivity index (χ0) is 19.8. The number of aliphatic hydroxyl groups is 1. The van der Waals surface area contributed by atoms with Crippen molar-refractivity contribution in [2.24, 2.45) is 11.0 Å². The molecular weight excluding hydrogens is 363 g/mol. The van der Waals surface area contributed by atoms with E-state index < -0.39 is 23.7 Å². The predicted molar refractivity (Wildman–Crippen MR) is 90.1 cm³/mol. The molecule has 0 bridgehead atoms. The first-order valence-electron chi connectivity index (χ1n) is 7.96. The number of carbonyl (C=O) groups is 1. The number of nitrogens with zero attached hydrogens (tertiary/aromatic N) is 3. The van der Waals surface area contributed by atoms with Gasteiger partial charge >= 0.3 is 6.18 Å². The summed E-state index contributed by atoms with van der Waals surface area (Å²) in [5.41, 5.74) is -3.25. The second-order valence-electron chi connectivity index (χ2n) is 6.01. The van der Waals surface area contributed by atoms with E-state index >= 15 is 0 Å². The number of pyridine rings is 1. The van der Waals surface area contributed by atoms with E-state index in [0.717, 1.165) is 0 Å². The largest absolute Gasteiger partial charge is 0.497 e. The number of alkyl halides is 3. The van der Waals surface area contributed by atoms with Crippen LogP contribution in [0.2, 0.25) is 0 Å². The molecule has 2 aromatic rings. The topological polar surface area (TPSA) is 75.0 Å². The summed E-state index contributed by atoms with van der Waals surface area (Å²) < 4.78 is 46.4. The van der Waals surface area contributed by atoms with E-state index in [1.54, 1.807) is 12.1 Å². The first-order chi connectivity index (χ1) is 12.7. The lowest BCUT2D eigenvalue weighted by atomic mass is 9.89. The van der Waals surface area contributed by atoms with Crippen molar-refractivity contribution in [2.45, 2.75) is 18.8 Å². The smallest absolute Gasteiger partial charge is 0.439 e. The third-order valence-corrected chi connectivity index (χ3v) is 4.47. The zero-order valence-electron chi connectivity index (χ0n) is 14.4. The molecule has 1 N–H and O–H groups in total. The fraction of sp³-hybridized carbons (Fsp3) is 0.278. The lowest BCUT2D eigenvalue weighted by Crippen LogP contribution is -2.60. The van der Waals surface area contributed by atoms with Crippen LogP contribution in [0, 0.1) is 5.92 Å². The lowest BCUT2D eigenvalue weighted by Gasteiger charge is -2.35. The number of carbonyl (C=O) groups excluding carboxylic acids is 1. The van der Waals surface area contributed by atoms with Gasteiger partial charge in [-0.15, -0.1) is 0 Å². The summed E-state index contributed by atoms with van der Waals surface area (Å²) in [6.45, 7) is 1.18. The van der Waals surface area contributed by atoms with Crippen molar-refractivity contribution in [3.63, 3.8) is 0 Å². The summed E-state index contributed by atoms with van der Waals surface area (Å²) in [7, 11) is 1.46. The Labute approximate surface area is 152 Å². The standard InChI is InChI=1S/C18H16F3N3O3/c1-11-15(12-3-5-14(27-2)6-4-12)23-24(17(11,26)18(19,20)21)16(25)13-7-9-22-10-8-13/h3-11,26H,1-2H3. The van der Waals surface area contributed by atoms with Crippen molar-refractivity contribution < 1.29 is 27.8 Å². The van der Waals surface area contributed by atoms with Gasteiger partial charge in [0.25, 0.3) is 11.6 Å². The number of methoxy groups -OCH3 is 1. The molecule has 9 heteroatoms. The van der Waals surface area contributed by atoms with Crippen LogP contribution in [0.4, 0.5) is 13.2 Å². The minimum absolute atomic E-state index is 0.0557. The normalized spacial score (nSPS) is 22.5. The number of rotatable bonds is 3. The van der Waals surface area contributed by atoms with Crippen LogP contribution in [-0.4, -0.2) is 45.7 Å². The van der Waals surface area contributed by atoms with Gasteiger partial charge in [-0.1, -0.05) is 6.92 Å².